The van der Waals surface area contributed by atoms with E-state index in [9.17, 15) is 9.36 Å². The van der Waals surface area contributed by atoms with Gasteiger partial charge in [0.15, 0.2) is 5.78 Å². The lowest BCUT2D eigenvalue weighted by Crippen LogP contribution is -2.03. The summed E-state index contributed by atoms with van der Waals surface area (Å²) >= 11 is 0. The lowest BCUT2D eigenvalue weighted by Gasteiger charge is -2.05. The van der Waals surface area contributed by atoms with Crippen LogP contribution < -0.4 is 0 Å². The topological polar surface area (TPSA) is 83.8 Å². The van der Waals surface area contributed by atoms with E-state index in [1.54, 1.807) is 25.3 Å². The van der Waals surface area contributed by atoms with Gasteiger partial charge in [0.25, 0.3) is 0 Å². The highest BCUT2D eigenvalue weighted by molar-refractivity contribution is 7.51. The van der Waals surface area contributed by atoms with Crippen LogP contribution >= 0.6 is 7.60 Å². The maximum Gasteiger partial charge on any atom is 0.326 e. The molecule has 5 nitrogen and oxygen atoms in total. The van der Waals surface area contributed by atoms with Gasteiger partial charge in [0.05, 0.1) is 12.8 Å². The minimum atomic E-state index is -4.11. The van der Waals surface area contributed by atoms with Gasteiger partial charge in [-0.2, -0.15) is 0 Å². The minimum absolute atomic E-state index is 0.152. The minimum Gasteiger partial charge on any atom is -0.380 e. The molecular formula is C11H15O5P. The third-order valence-corrected chi connectivity index (χ3v) is 3.00. The van der Waals surface area contributed by atoms with E-state index in [0.29, 0.717) is 12.2 Å². The summed E-state index contributed by atoms with van der Waals surface area (Å²) in [4.78, 5) is 29.0. The number of methoxy groups -OCH3 is 1. The number of hydrogen-bond acceptors (Lipinski definition) is 3. The molecule has 0 bridgehead atoms. The first-order valence-electron chi connectivity index (χ1n) is 5.08. The molecule has 6 heteroatoms. The van der Waals surface area contributed by atoms with Crippen molar-refractivity contribution in [2.45, 2.75) is 13.0 Å². The molecule has 0 atom stereocenters. The molecule has 0 heterocycles. The van der Waals surface area contributed by atoms with E-state index in [0.717, 1.165) is 5.56 Å². The average molecular weight is 258 g/mol. The van der Waals surface area contributed by atoms with Crippen molar-refractivity contribution in [3.05, 3.63) is 35.4 Å². The number of rotatable bonds is 6. The van der Waals surface area contributed by atoms with Gasteiger partial charge in [-0.1, -0.05) is 18.2 Å². The van der Waals surface area contributed by atoms with Gasteiger partial charge in [-0.05, 0) is 11.6 Å². The fourth-order valence-electron chi connectivity index (χ4n) is 1.39. The monoisotopic (exact) mass is 258 g/mol. The SMILES string of the molecule is COCc1cccc(C(=O)CCP(=O)(O)O)c1. The van der Waals surface area contributed by atoms with Gasteiger partial charge >= 0.3 is 7.60 Å². The Morgan fingerprint density at radius 2 is 2.12 bits per heavy atom. The zero-order chi connectivity index (χ0) is 12.9. The summed E-state index contributed by atoms with van der Waals surface area (Å²) < 4.78 is 15.6. The third kappa shape index (κ3) is 5.24. The maximum atomic E-state index is 11.7. The van der Waals surface area contributed by atoms with E-state index in [4.69, 9.17) is 14.5 Å². The van der Waals surface area contributed by atoms with Crippen LogP contribution in [-0.4, -0.2) is 28.8 Å². The Bertz CT molecular complexity index is 437. The van der Waals surface area contributed by atoms with Crippen LogP contribution in [0.25, 0.3) is 0 Å². The zero-order valence-electron chi connectivity index (χ0n) is 9.50. The first-order valence-corrected chi connectivity index (χ1v) is 6.88. The summed E-state index contributed by atoms with van der Waals surface area (Å²) in [5, 5.41) is 0. The Labute approximate surface area is 99.6 Å². The normalized spacial score (nSPS) is 11.5. The molecule has 1 rings (SSSR count). The molecule has 1 aromatic rings. The Morgan fingerprint density at radius 3 is 2.71 bits per heavy atom. The van der Waals surface area contributed by atoms with Crippen LogP contribution in [0.3, 0.4) is 0 Å². The predicted octanol–water partition coefficient (Wildman–Crippen LogP) is 1.58. The number of ketones is 1. The van der Waals surface area contributed by atoms with Gasteiger partial charge in [0.2, 0.25) is 0 Å². The second-order valence-corrected chi connectivity index (χ2v) is 5.47. The first kappa shape index (κ1) is 14.1. The zero-order valence-corrected chi connectivity index (χ0v) is 10.4. The van der Waals surface area contributed by atoms with Crippen LogP contribution in [0, 0.1) is 0 Å². The molecule has 0 fully saturated rings. The highest BCUT2D eigenvalue weighted by Crippen LogP contribution is 2.35. The van der Waals surface area contributed by atoms with E-state index in [1.807, 2.05) is 6.07 Å². The number of benzene rings is 1. The van der Waals surface area contributed by atoms with Gasteiger partial charge in [0.1, 0.15) is 0 Å². The van der Waals surface area contributed by atoms with E-state index >= 15 is 0 Å². The van der Waals surface area contributed by atoms with Crippen molar-refractivity contribution >= 4 is 13.4 Å². The lowest BCUT2D eigenvalue weighted by atomic mass is 10.1. The number of ether oxygens (including phenoxy) is 1. The van der Waals surface area contributed by atoms with Crippen LogP contribution in [0.5, 0.6) is 0 Å². The van der Waals surface area contributed by atoms with Gasteiger partial charge in [-0.3, -0.25) is 9.36 Å². The van der Waals surface area contributed by atoms with Gasteiger partial charge < -0.3 is 14.5 Å². The van der Waals surface area contributed by atoms with Crippen molar-refractivity contribution in [2.24, 2.45) is 0 Å². The summed E-state index contributed by atoms with van der Waals surface area (Å²) in [5.41, 5.74) is 1.31. The molecule has 0 unspecified atom stereocenters. The fraction of sp³-hybridized carbons (Fsp3) is 0.364. The molecule has 0 amide bonds. The van der Waals surface area contributed by atoms with Crippen LogP contribution in [-0.2, 0) is 15.9 Å². The molecule has 0 aliphatic carbocycles. The lowest BCUT2D eigenvalue weighted by molar-refractivity contribution is 0.0986. The Kier molecular flexibility index (Phi) is 5.02. The highest BCUT2D eigenvalue weighted by atomic mass is 31.2. The number of Topliss-reactive ketones (excluding diaryl/α,β-unsaturated/α-hetero) is 1. The summed E-state index contributed by atoms with van der Waals surface area (Å²) in [7, 11) is -2.55. The Hall–Kier alpha value is -1.00. The van der Waals surface area contributed by atoms with Crippen LogP contribution in [0.1, 0.15) is 22.3 Å². The van der Waals surface area contributed by atoms with Crippen LogP contribution in [0.4, 0.5) is 0 Å². The van der Waals surface area contributed by atoms with E-state index in [-0.39, 0.29) is 12.2 Å². The number of carbonyl (C=O) groups is 1. The largest absolute Gasteiger partial charge is 0.380 e. The number of hydrogen-bond donors (Lipinski definition) is 2. The summed E-state index contributed by atoms with van der Waals surface area (Å²) in [5.74, 6) is -0.272. The molecule has 1 aromatic carbocycles. The van der Waals surface area contributed by atoms with Gasteiger partial charge in [-0.15, -0.1) is 0 Å². The van der Waals surface area contributed by atoms with Crippen LogP contribution in [0.15, 0.2) is 24.3 Å². The molecule has 0 saturated heterocycles. The smallest absolute Gasteiger partial charge is 0.326 e. The Morgan fingerprint density at radius 1 is 1.41 bits per heavy atom. The standard InChI is InChI=1S/C11H15O5P/c1-16-8-9-3-2-4-10(7-9)11(12)5-6-17(13,14)15/h2-4,7H,5-6,8H2,1H3,(H2,13,14,15). The van der Waals surface area contributed by atoms with Gasteiger partial charge in [0, 0.05) is 19.1 Å². The highest BCUT2D eigenvalue weighted by Gasteiger charge is 2.16. The average Bonchev–Trinajstić information content (AvgIpc) is 2.26. The van der Waals surface area contributed by atoms with Crippen molar-refractivity contribution < 1.29 is 23.9 Å². The predicted molar refractivity (Wildman–Crippen MR) is 63.0 cm³/mol. The molecule has 0 aromatic heterocycles. The van der Waals surface area contributed by atoms with E-state index in [2.05, 4.69) is 0 Å². The second-order valence-electron chi connectivity index (χ2n) is 3.69. The molecule has 17 heavy (non-hydrogen) atoms. The molecule has 0 spiro atoms. The molecular weight excluding hydrogens is 243 g/mol. The quantitative estimate of drug-likeness (QED) is 0.598. The van der Waals surface area contributed by atoms with Gasteiger partial charge in [-0.25, -0.2) is 0 Å². The second kappa shape index (κ2) is 6.07. The van der Waals surface area contributed by atoms with E-state index in [1.165, 1.54) is 0 Å². The van der Waals surface area contributed by atoms with Crippen molar-refractivity contribution in [1.29, 1.82) is 0 Å². The Balaban J connectivity index is 2.68. The van der Waals surface area contributed by atoms with Crippen molar-refractivity contribution in [3.8, 4) is 0 Å². The molecule has 2 N–H and O–H groups in total. The van der Waals surface area contributed by atoms with Crippen molar-refractivity contribution in [1.82, 2.24) is 0 Å². The van der Waals surface area contributed by atoms with Crippen molar-refractivity contribution in [3.63, 3.8) is 0 Å². The fourth-order valence-corrected chi connectivity index (χ4v) is 1.89. The summed E-state index contributed by atoms with van der Waals surface area (Å²) in [6.45, 7) is 0.402. The molecule has 0 saturated carbocycles. The molecule has 0 aliphatic rings. The number of carbonyl (C=O) groups excluding carboxylic acids is 1. The maximum absolute atomic E-state index is 11.7. The van der Waals surface area contributed by atoms with E-state index < -0.39 is 13.8 Å². The molecule has 0 aliphatic heterocycles. The van der Waals surface area contributed by atoms with Crippen LogP contribution in [0.2, 0.25) is 0 Å². The summed E-state index contributed by atoms with van der Waals surface area (Å²) in [6, 6.07) is 6.84. The third-order valence-electron chi connectivity index (χ3n) is 2.19. The first-order chi connectivity index (χ1) is 7.92. The van der Waals surface area contributed by atoms with Crippen molar-refractivity contribution in [2.75, 3.05) is 13.3 Å². The molecule has 0 radical (unpaired) electrons. The molecule has 94 valence electrons. The summed E-state index contributed by atoms with van der Waals surface area (Å²) in [6.07, 6.45) is -0.568.